The molecular formula is C21H9F4N3O3. The third-order valence-corrected chi connectivity index (χ3v) is 4.96. The molecular weight excluding hydrogens is 418 g/mol. The zero-order valence-electron chi connectivity index (χ0n) is 15.5. The van der Waals surface area contributed by atoms with Gasteiger partial charge in [0.25, 0.3) is 5.71 Å². The number of aromatic nitrogens is 3. The predicted octanol–water partition coefficient (Wildman–Crippen LogP) is 4.25. The Hall–Kier alpha value is -4.08. The number of rotatable bonds is 2. The first-order valence-corrected chi connectivity index (χ1v) is 8.85. The molecule has 1 aliphatic rings. The van der Waals surface area contributed by atoms with Crippen LogP contribution in [0.5, 0.6) is 0 Å². The molecule has 1 aliphatic carbocycles. The summed E-state index contributed by atoms with van der Waals surface area (Å²) < 4.78 is 62.1. The van der Waals surface area contributed by atoms with E-state index in [0.717, 1.165) is 11.6 Å². The van der Waals surface area contributed by atoms with E-state index in [2.05, 4.69) is 9.97 Å². The number of carbonyl (C=O) groups is 2. The Labute approximate surface area is 170 Å². The lowest BCUT2D eigenvalue weighted by Gasteiger charge is -2.02. The van der Waals surface area contributed by atoms with Crippen LogP contribution in [-0.4, -0.2) is 26.1 Å². The Balaban J connectivity index is 1.60. The predicted molar refractivity (Wildman–Crippen MR) is 99.1 cm³/mol. The van der Waals surface area contributed by atoms with E-state index in [4.69, 9.17) is 4.42 Å². The van der Waals surface area contributed by atoms with E-state index in [9.17, 15) is 27.2 Å². The Kier molecular flexibility index (Phi) is 3.94. The summed E-state index contributed by atoms with van der Waals surface area (Å²) in [4.78, 5) is 33.3. The summed E-state index contributed by atoms with van der Waals surface area (Å²) in [6.07, 6.45) is 0.864. The average Bonchev–Trinajstić information content (AvgIpc) is 3.38. The van der Waals surface area contributed by atoms with E-state index < -0.39 is 51.5 Å². The molecule has 0 fully saturated rings. The van der Waals surface area contributed by atoms with E-state index in [1.807, 2.05) is 30.3 Å². The van der Waals surface area contributed by atoms with E-state index in [0.29, 0.717) is 5.82 Å². The van der Waals surface area contributed by atoms with Crippen molar-refractivity contribution in [2.75, 3.05) is 0 Å². The van der Waals surface area contributed by atoms with Gasteiger partial charge in [-0.15, -0.1) is 0 Å². The molecule has 10 heteroatoms. The van der Waals surface area contributed by atoms with Gasteiger partial charge in [-0.05, 0) is 0 Å². The van der Waals surface area contributed by atoms with Crippen LogP contribution in [0.4, 0.5) is 17.6 Å². The average molecular weight is 427 g/mol. The molecule has 0 atom stereocenters. The summed E-state index contributed by atoms with van der Waals surface area (Å²) in [5.74, 6) is -10.5. The Morgan fingerprint density at radius 3 is 2.00 bits per heavy atom. The van der Waals surface area contributed by atoms with E-state index in [1.54, 1.807) is 11.6 Å². The number of allylic oxidation sites excluding steroid dienone is 1. The molecule has 4 aromatic rings. The number of fused-ring (bicyclic) bond motifs is 2. The molecule has 2 aromatic carbocycles. The highest BCUT2D eigenvalue weighted by Gasteiger charge is 2.42. The summed E-state index contributed by atoms with van der Waals surface area (Å²) in [7, 11) is 1.68. The summed E-state index contributed by atoms with van der Waals surface area (Å²) in [6, 6.07) is 9.16. The van der Waals surface area contributed by atoms with Crippen LogP contribution in [0.15, 0.2) is 40.3 Å². The van der Waals surface area contributed by atoms with Crippen molar-refractivity contribution in [1.82, 2.24) is 14.5 Å². The SMILES string of the molecule is Cn1c(-c2ccccc2)nc2oc(C=C3C(=O)c4c(F)c(F)c(F)c(F)c4C3=O)nc21. The van der Waals surface area contributed by atoms with Crippen LogP contribution in [0, 0.1) is 23.3 Å². The number of oxazole rings is 1. The van der Waals surface area contributed by atoms with Crippen molar-refractivity contribution in [1.29, 1.82) is 0 Å². The molecule has 0 N–H and O–H groups in total. The first kappa shape index (κ1) is 18.9. The number of benzene rings is 2. The van der Waals surface area contributed by atoms with Gasteiger partial charge in [0.1, 0.15) is 5.82 Å². The maximum absolute atomic E-state index is 14.0. The van der Waals surface area contributed by atoms with Crippen LogP contribution in [0.3, 0.4) is 0 Å². The first-order valence-electron chi connectivity index (χ1n) is 8.85. The highest BCUT2D eigenvalue weighted by atomic mass is 19.2. The number of halogens is 4. The van der Waals surface area contributed by atoms with Crippen molar-refractivity contribution in [2.24, 2.45) is 7.05 Å². The van der Waals surface area contributed by atoms with E-state index >= 15 is 0 Å². The van der Waals surface area contributed by atoms with Crippen LogP contribution >= 0.6 is 0 Å². The lowest BCUT2D eigenvalue weighted by Crippen LogP contribution is -2.07. The second-order valence-electron chi connectivity index (χ2n) is 6.76. The molecule has 0 radical (unpaired) electrons. The fraction of sp³-hybridized carbons (Fsp3) is 0.0476. The topological polar surface area (TPSA) is 78.0 Å². The van der Waals surface area contributed by atoms with Gasteiger partial charge in [0.05, 0.1) is 16.7 Å². The first-order chi connectivity index (χ1) is 14.8. The molecule has 0 saturated carbocycles. The molecule has 154 valence electrons. The zero-order chi connectivity index (χ0) is 22.0. The van der Waals surface area contributed by atoms with Crippen LogP contribution in [0.1, 0.15) is 26.6 Å². The van der Waals surface area contributed by atoms with Gasteiger partial charge >= 0.3 is 0 Å². The second-order valence-corrected chi connectivity index (χ2v) is 6.76. The summed E-state index contributed by atoms with van der Waals surface area (Å²) in [6.45, 7) is 0. The van der Waals surface area contributed by atoms with Gasteiger partial charge in [0.2, 0.25) is 23.1 Å². The van der Waals surface area contributed by atoms with Crippen molar-refractivity contribution < 1.29 is 31.6 Å². The maximum Gasteiger partial charge on any atom is 0.267 e. The van der Waals surface area contributed by atoms with Gasteiger partial charge in [0.15, 0.2) is 23.3 Å². The largest absolute Gasteiger partial charge is 0.417 e. The molecule has 0 spiro atoms. The molecule has 0 aliphatic heterocycles. The summed E-state index contributed by atoms with van der Waals surface area (Å²) in [5, 5.41) is 0. The highest BCUT2D eigenvalue weighted by Crippen LogP contribution is 2.35. The Morgan fingerprint density at radius 2 is 1.45 bits per heavy atom. The lowest BCUT2D eigenvalue weighted by atomic mass is 10.1. The molecule has 0 amide bonds. The molecule has 6 nitrogen and oxygen atoms in total. The van der Waals surface area contributed by atoms with Crippen molar-refractivity contribution in [3.8, 4) is 11.4 Å². The van der Waals surface area contributed by atoms with Gasteiger partial charge in [-0.1, -0.05) is 30.3 Å². The van der Waals surface area contributed by atoms with E-state index in [1.165, 1.54) is 0 Å². The number of aryl methyl sites for hydroxylation is 1. The fourth-order valence-electron chi connectivity index (χ4n) is 3.47. The lowest BCUT2D eigenvalue weighted by molar-refractivity contribution is 0.0988. The monoisotopic (exact) mass is 427 g/mol. The zero-order valence-corrected chi connectivity index (χ0v) is 15.5. The van der Waals surface area contributed by atoms with Crippen LogP contribution in [-0.2, 0) is 7.05 Å². The highest BCUT2D eigenvalue weighted by molar-refractivity contribution is 6.41. The minimum atomic E-state index is -2.17. The molecule has 2 heterocycles. The number of hydrogen-bond donors (Lipinski definition) is 0. The molecule has 0 saturated heterocycles. The minimum Gasteiger partial charge on any atom is -0.417 e. The van der Waals surface area contributed by atoms with Gasteiger partial charge < -0.3 is 8.98 Å². The Bertz CT molecular complexity index is 1420. The number of ketones is 2. The van der Waals surface area contributed by atoms with Gasteiger partial charge in [-0.25, -0.2) is 17.6 Å². The molecule has 0 unspecified atom stereocenters. The number of carbonyl (C=O) groups excluding carboxylic acids is 2. The summed E-state index contributed by atoms with van der Waals surface area (Å²) in [5.41, 5.74) is -1.87. The van der Waals surface area contributed by atoms with Crippen LogP contribution in [0.25, 0.3) is 28.8 Å². The molecule has 2 aromatic heterocycles. The second kappa shape index (κ2) is 6.46. The number of nitrogens with zero attached hydrogens (tertiary/aromatic N) is 3. The molecule has 5 rings (SSSR count). The van der Waals surface area contributed by atoms with Crippen molar-refractivity contribution in [3.63, 3.8) is 0 Å². The normalized spacial score (nSPS) is 13.4. The van der Waals surface area contributed by atoms with Crippen molar-refractivity contribution in [2.45, 2.75) is 0 Å². The third-order valence-electron chi connectivity index (χ3n) is 4.96. The number of hydrogen-bond acceptors (Lipinski definition) is 5. The summed E-state index contributed by atoms with van der Waals surface area (Å²) >= 11 is 0. The molecule has 0 bridgehead atoms. The Morgan fingerprint density at radius 1 is 0.871 bits per heavy atom. The number of imidazole rings is 1. The van der Waals surface area contributed by atoms with Gasteiger partial charge in [-0.2, -0.15) is 9.97 Å². The standard InChI is InChI=1S/C21H9F4N3O3/c1-28-19(8-5-3-2-4-6-8)27-21-20(28)26-10(31-21)7-9-17(29)11-12(18(9)30)14(23)16(25)15(24)13(11)22/h2-7H,1H3. The van der Waals surface area contributed by atoms with Crippen LogP contribution < -0.4 is 0 Å². The van der Waals surface area contributed by atoms with Crippen molar-refractivity contribution in [3.05, 3.63) is 76.2 Å². The smallest absolute Gasteiger partial charge is 0.267 e. The minimum absolute atomic E-state index is 0.0954. The van der Waals surface area contributed by atoms with Crippen molar-refractivity contribution >= 4 is 29.0 Å². The fourth-order valence-corrected chi connectivity index (χ4v) is 3.47. The molecule has 31 heavy (non-hydrogen) atoms. The van der Waals surface area contributed by atoms with Gasteiger partial charge in [0, 0.05) is 18.7 Å². The maximum atomic E-state index is 14.0. The quantitative estimate of drug-likeness (QED) is 0.157. The number of Topliss-reactive ketones (excluding diaryl/α,β-unsaturated/α-hetero) is 2. The third kappa shape index (κ3) is 2.57. The van der Waals surface area contributed by atoms with Gasteiger partial charge in [-0.3, -0.25) is 9.59 Å². The van der Waals surface area contributed by atoms with E-state index in [-0.39, 0.29) is 17.3 Å². The van der Waals surface area contributed by atoms with Crippen LogP contribution in [0.2, 0.25) is 0 Å².